The minimum atomic E-state index is -1.63. The van der Waals surface area contributed by atoms with E-state index in [1.165, 1.54) is 51.4 Å². The topological polar surface area (TPSA) is 0 Å². The maximum Gasteiger partial charge on any atom is 0.0431 e. The molecule has 0 nitrogen and oxygen atoms in total. The summed E-state index contributed by atoms with van der Waals surface area (Å²) in [5, 5.41) is 0. The van der Waals surface area contributed by atoms with Crippen LogP contribution in [0.1, 0.15) is 162 Å². The Morgan fingerprint density at radius 3 is 0.611 bits per heavy atom. The number of hydrogen-bond donors (Lipinski definition) is 0. The summed E-state index contributed by atoms with van der Waals surface area (Å²) in [5.74, 6) is 0. The van der Waals surface area contributed by atoms with Crippen molar-refractivity contribution in [3.05, 3.63) is 0 Å². The molecular formula is C32H74Si4. The minimum Gasteiger partial charge on any atom is -0.0654 e. The summed E-state index contributed by atoms with van der Waals surface area (Å²) in [7, 11) is -5.29. The summed E-state index contributed by atoms with van der Waals surface area (Å²) >= 11 is 0. The van der Waals surface area contributed by atoms with E-state index in [0.29, 0.717) is 0 Å². The number of hydrogen-bond acceptors (Lipinski definition) is 0. The van der Waals surface area contributed by atoms with E-state index in [4.69, 9.17) is 0 Å². The van der Waals surface area contributed by atoms with E-state index in [1.54, 1.807) is 0 Å². The molecule has 218 valence electrons. The lowest BCUT2D eigenvalue weighted by Gasteiger charge is -2.68. The van der Waals surface area contributed by atoms with E-state index in [-0.39, 0.29) is 0 Å². The molecule has 4 heteroatoms. The highest BCUT2D eigenvalue weighted by Gasteiger charge is 2.70. The summed E-state index contributed by atoms with van der Waals surface area (Å²) in [6.07, 6.45) is 11.6. The monoisotopic (exact) mass is 570 g/mol. The molecular weight excluding hydrogens is 497 g/mol. The molecule has 8 atom stereocenters. The third-order valence-corrected chi connectivity index (χ3v) is 79.9. The predicted octanol–water partition coefficient (Wildman–Crippen LogP) is 12.0. The van der Waals surface area contributed by atoms with Crippen LogP contribution >= 0.6 is 0 Å². The Bertz CT molecular complexity index is 489. The van der Waals surface area contributed by atoms with Crippen molar-refractivity contribution in [2.75, 3.05) is 0 Å². The maximum atomic E-state index is 2.86. The zero-order chi connectivity index (χ0) is 28.4. The van der Waals surface area contributed by atoms with Gasteiger partial charge in [0.1, 0.15) is 0 Å². The Morgan fingerprint density at radius 1 is 0.333 bits per heavy atom. The van der Waals surface area contributed by atoms with Crippen LogP contribution in [0.4, 0.5) is 0 Å². The summed E-state index contributed by atoms with van der Waals surface area (Å²) in [6, 6.07) is 0. The lowest BCUT2D eigenvalue weighted by atomic mass is 10.3. The second-order valence-corrected chi connectivity index (χ2v) is 46.4. The highest BCUT2D eigenvalue weighted by Crippen LogP contribution is 2.61. The third-order valence-electron chi connectivity index (χ3n) is 12.6. The van der Waals surface area contributed by atoms with Crippen LogP contribution in [-0.2, 0) is 0 Å². The molecule has 0 aliphatic rings. The van der Waals surface area contributed by atoms with Crippen molar-refractivity contribution in [3.8, 4) is 0 Å². The number of rotatable bonds is 19. The molecule has 36 heavy (non-hydrogen) atoms. The lowest BCUT2D eigenvalue weighted by molar-refractivity contribution is 0.725. The van der Waals surface area contributed by atoms with Crippen LogP contribution in [0.25, 0.3) is 0 Å². The Labute approximate surface area is 236 Å². The molecule has 0 N–H and O–H groups in total. The van der Waals surface area contributed by atoms with Gasteiger partial charge in [0.15, 0.2) is 0 Å². The highest BCUT2D eigenvalue weighted by molar-refractivity contribution is 7.80. The van der Waals surface area contributed by atoms with E-state index in [1.807, 2.05) is 0 Å². The molecule has 0 spiro atoms. The van der Waals surface area contributed by atoms with Gasteiger partial charge in [-0.05, 0) is 0 Å². The van der Waals surface area contributed by atoms with Gasteiger partial charge in [0, 0.05) is 30.8 Å². The summed E-state index contributed by atoms with van der Waals surface area (Å²) in [4.78, 5) is 0. The van der Waals surface area contributed by atoms with E-state index in [0.717, 1.165) is 44.3 Å². The van der Waals surface area contributed by atoms with Gasteiger partial charge in [-0.25, -0.2) is 0 Å². The zero-order valence-corrected chi connectivity index (χ0v) is 32.7. The average molecular weight is 571 g/mol. The van der Waals surface area contributed by atoms with Crippen LogP contribution in [0, 0.1) is 0 Å². The van der Waals surface area contributed by atoms with Crippen molar-refractivity contribution in [3.63, 3.8) is 0 Å². The van der Waals surface area contributed by atoms with E-state index in [9.17, 15) is 0 Å². The lowest BCUT2D eigenvalue weighted by Crippen LogP contribution is -2.85. The van der Waals surface area contributed by atoms with E-state index in [2.05, 4.69) is 111 Å². The van der Waals surface area contributed by atoms with Crippen molar-refractivity contribution < 1.29 is 0 Å². The largest absolute Gasteiger partial charge is 0.0654 e. The smallest absolute Gasteiger partial charge is 0.0431 e. The summed E-state index contributed by atoms with van der Waals surface area (Å²) in [6.45, 7) is 43.2. The van der Waals surface area contributed by atoms with Crippen molar-refractivity contribution in [2.45, 2.75) is 206 Å². The van der Waals surface area contributed by atoms with Gasteiger partial charge >= 0.3 is 0 Å². The van der Waals surface area contributed by atoms with Crippen LogP contribution in [-0.4, -0.2) is 30.8 Å². The molecule has 0 saturated carbocycles. The Kier molecular flexibility index (Phi) is 17.3. The first-order valence-electron chi connectivity index (χ1n) is 16.9. The van der Waals surface area contributed by atoms with Crippen molar-refractivity contribution in [1.29, 1.82) is 0 Å². The SMILES string of the molecule is CCC(C)[SiH](C(C)CC)[Si](C(C)CC)(C(C)CC)[Si](C(C)CC)(C(C)CC)[SiH](C(C)CC)C(C)CC. The van der Waals surface area contributed by atoms with Gasteiger partial charge in [-0.15, -0.1) is 0 Å². The fourth-order valence-corrected chi connectivity index (χ4v) is 112. The third kappa shape index (κ3) is 6.60. The van der Waals surface area contributed by atoms with Gasteiger partial charge in [-0.2, -0.15) is 0 Å². The first-order chi connectivity index (χ1) is 16.9. The van der Waals surface area contributed by atoms with Crippen LogP contribution in [0.2, 0.25) is 44.3 Å². The molecule has 0 fully saturated rings. The van der Waals surface area contributed by atoms with Crippen molar-refractivity contribution in [2.24, 2.45) is 0 Å². The van der Waals surface area contributed by atoms with Crippen molar-refractivity contribution in [1.82, 2.24) is 0 Å². The Morgan fingerprint density at radius 2 is 0.500 bits per heavy atom. The van der Waals surface area contributed by atoms with Crippen LogP contribution < -0.4 is 0 Å². The van der Waals surface area contributed by atoms with E-state index >= 15 is 0 Å². The van der Waals surface area contributed by atoms with Gasteiger partial charge < -0.3 is 0 Å². The van der Waals surface area contributed by atoms with Gasteiger partial charge in [-0.3, -0.25) is 0 Å². The maximum absolute atomic E-state index is 2.86. The van der Waals surface area contributed by atoms with E-state index < -0.39 is 30.8 Å². The second kappa shape index (κ2) is 16.9. The fourth-order valence-electron chi connectivity index (χ4n) is 9.94. The van der Waals surface area contributed by atoms with Crippen LogP contribution in [0.15, 0.2) is 0 Å². The molecule has 0 radical (unpaired) electrons. The Hall–Kier alpha value is 0.868. The quantitative estimate of drug-likeness (QED) is 0.135. The molecule has 0 amide bonds. The molecule has 0 saturated heterocycles. The first kappa shape index (κ1) is 36.9. The van der Waals surface area contributed by atoms with Crippen LogP contribution in [0.3, 0.4) is 0 Å². The highest BCUT2D eigenvalue weighted by atomic mass is 29.8. The molecule has 0 heterocycles. The fraction of sp³-hybridized carbons (Fsp3) is 1.00. The summed E-state index contributed by atoms with van der Waals surface area (Å²) < 4.78 is 0. The van der Waals surface area contributed by atoms with Gasteiger partial charge in [0.25, 0.3) is 0 Å². The molecule has 0 aromatic heterocycles. The Balaban J connectivity index is 8.50. The predicted molar refractivity (Wildman–Crippen MR) is 184 cm³/mol. The molecule has 8 unspecified atom stereocenters. The minimum absolute atomic E-state index is 1.01. The van der Waals surface area contributed by atoms with Crippen LogP contribution in [0.5, 0.6) is 0 Å². The molecule has 0 bridgehead atoms. The molecule has 0 aromatic rings. The first-order valence-corrected chi connectivity index (χ1v) is 28.5. The summed E-state index contributed by atoms with van der Waals surface area (Å²) in [5.41, 5.74) is 8.12. The molecule has 0 rings (SSSR count). The second-order valence-electron chi connectivity index (χ2n) is 13.7. The zero-order valence-electron chi connectivity index (χ0n) is 28.4. The molecule has 0 aliphatic heterocycles. The van der Waals surface area contributed by atoms with Gasteiger partial charge in [0.05, 0.1) is 0 Å². The van der Waals surface area contributed by atoms with Gasteiger partial charge in [-0.1, -0.05) is 206 Å². The molecule has 0 aliphatic carbocycles. The normalized spacial score (nSPS) is 24.3. The standard InChI is InChI=1S/C32H74Si4/c1-17-25(9)33(26(10)18-2)35(29(13)21-5,30(14)22-6)36(31(15)23-7,32(16)24-8)34(27(11)19-3)28(12)20-4/h25-34H,17-24H2,1-16H3. The van der Waals surface area contributed by atoms with Crippen molar-refractivity contribution >= 4 is 30.8 Å². The van der Waals surface area contributed by atoms with Gasteiger partial charge in [0.2, 0.25) is 0 Å². The average Bonchev–Trinajstić information content (AvgIpc) is 2.91. The molecule has 0 aromatic carbocycles.